The second kappa shape index (κ2) is 20.9. The van der Waals surface area contributed by atoms with E-state index >= 15 is 0 Å². The molecule has 0 saturated heterocycles. The quantitative estimate of drug-likeness (QED) is 0.131. The number of aliphatic hydroxyl groups excluding tert-OH is 1. The third-order valence-corrected chi connectivity index (χ3v) is 5.83. The van der Waals surface area contributed by atoms with Gasteiger partial charge >= 0.3 is 0 Å². The largest absolute Gasteiger partial charge is 0.393 e. The van der Waals surface area contributed by atoms with Crippen molar-refractivity contribution in [3.05, 3.63) is 72.5 Å². The topological polar surface area (TPSA) is 20.2 Å². The zero-order valence-corrected chi connectivity index (χ0v) is 21.2. The lowest BCUT2D eigenvalue weighted by molar-refractivity contribution is 0.169. The molecule has 2 heteroatoms. The molecule has 1 nitrogen and oxygen atoms in total. The summed E-state index contributed by atoms with van der Waals surface area (Å²) in [6.07, 6.45) is 36.3. The second-order valence-corrected chi connectivity index (χ2v) is 14.1. The Hall–Kier alpha value is -1.38. The van der Waals surface area contributed by atoms with E-state index in [1.54, 1.807) is 0 Å². The Bertz CT molecular complexity index is 543. The van der Waals surface area contributed by atoms with Crippen LogP contribution >= 0.6 is 0 Å². The van der Waals surface area contributed by atoms with Crippen molar-refractivity contribution in [2.75, 3.05) is 0 Å². The molecular formula is C28H48OSi. The number of aliphatic hydroxyl groups is 1. The lowest BCUT2D eigenvalue weighted by Crippen LogP contribution is -2.16. The van der Waals surface area contributed by atoms with Crippen molar-refractivity contribution >= 4 is 8.07 Å². The molecule has 0 amide bonds. The van der Waals surface area contributed by atoms with Crippen LogP contribution in [0.3, 0.4) is 0 Å². The minimum Gasteiger partial charge on any atom is -0.393 e. The number of allylic oxidation sites excluding steroid dienone is 10. The maximum atomic E-state index is 10.00. The molecule has 1 unspecified atom stereocenters. The summed E-state index contributed by atoms with van der Waals surface area (Å²) in [6, 6.07) is 0. The molecule has 0 fully saturated rings. The van der Waals surface area contributed by atoms with Crippen molar-refractivity contribution in [3.63, 3.8) is 0 Å². The number of hydrogen-bond acceptors (Lipinski definition) is 1. The molecule has 0 spiro atoms. The van der Waals surface area contributed by atoms with Gasteiger partial charge in [0.1, 0.15) is 0 Å². The highest BCUT2D eigenvalue weighted by Gasteiger charge is 2.07. The van der Waals surface area contributed by atoms with Crippen molar-refractivity contribution < 1.29 is 5.11 Å². The molecule has 0 aliphatic carbocycles. The maximum absolute atomic E-state index is 10.00. The van der Waals surface area contributed by atoms with Crippen molar-refractivity contribution in [2.24, 2.45) is 0 Å². The number of hydrogen-bond donors (Lipinski definition) is 1. The van der Waals surface area contributed by atoms with Crippen LogP contribution in [-0.2, 0) is 0 Å². The summed E-state index contributed by atoms with van der Waals surface area (Å²) in [5.74, 6) is 0. The molecule has 30 heavy (non-hydrogen) atoms. The minimum atomic E-state index is -1.12. The van der Waals surface area contributed by atoms with E-state index in [0.717, 1.165) is 70.6 Å². The van der Waals surface area contributed by atoms with E-state index in [1.165, 1.54) is 0 Å². The lowest BCUT2D eigenvalue weighted by atomic mass is 10.1. The molecule has 0 heterocycles. The minimum absolute atomic E-state index is 0.200. The van der Waals surface area contributed by atoms with E-state index in [-0.39, 0.29) is 6.10 Å². The van der Waals surface area contributed by atoms with Gasteiger partial charge in [-0.1, -0.05) is 92.2 Å². The molecule has 0 saturated carbocycles. The van der Waals surface area contributed by atoms with Gasteiger partial charge in [-0.15, -0.1) is 0 Å². The fraction of sp³-hybridized carbons (Fsp3) is 0.571. The van der Waals surface area contributed by atoms with Crippen molar-refractivity contribution in [2.45, 2.75) is 103 Å². The van der Waals surface area contributed by atoms with Gasteiger partial charge in [0.2, 0.25) is 0 Å². The second-order valence-electron chi connectivity index (χ2n) is 9.00. The zero-order chi connectivity index (χ0) is 22.3. The Kier molecular flexibility index (Phi) is 19.9. The summed E-state index contributed by atoms with van der Waals surface area (Å²) >= 11 is 0. The summed E-state index contributed by atoms with van der Waals surface area (Å²) in [5.41, 5.74) is 2.32. The lowest BCUT2D eigenvalue weighted by Gasteiger charge is -2.10. The van der Waals surface area contributed by atoms with Gasteiger partial charge in [0.25, 0.3) is 0 Å². The molecule has 0 bridgehead atoms. The third-order valence-electron chi connectivity index (χ3n) is 4.59. The van der Waals surface area contributed by atoms with Crippen molar-refractivity contribution in [1.82, 2.24) is 0 Å². The molecule has 0 aliphatic heterocycles. The Morgan fingerprint density at radius 1 is 0.567 bits per heavy atom. The van der Waals surface area contributed by atoms with Crippen LogP contribution in [0, 0.1) is 0 Å². The van der Waals surface area contributed by atoms with Gasteiger partial charge < -0.3 is 5.11 Å². The Labute approximate surface area is 189 Å². The van der Waals surface area contributed by atoms with Crippen LogP contribution in [-0.4, -0.2) is 19.3 Å². The van der Waals surface area contributed by atoms with Crippen LogP contribution in [0.4, 0.5) is 0 Å². The van der Waals surface area contributed by atoms with Gasteiger partial charge in [0, 0.05) is 0 Å². The highest BCUT2D eigenvalue weighted by molar-refractivity contribution is 6.80. The maximum Gasteiger partial charge on any atom is 0.0682 e. The molecule has 0 aromatic carbocycles. The SMILES string of the molecule is CC=CCCC=CCCC=CCCC=CCCC=CCCC(O)CC=C[Si](C)(C)C. The van der Waals surface area contributed by atoms with Crippen LogP contribution in [0.2, 0.25) is 19.6 Å². The van der Waals surface area contributed by atoms with E-state index in [4.69, 9.17) is 0 Å². The van der Waals surface area contributed by atoms with E-state index in [2.05, 4.69) is 99.1 Å². The van der Waals surface area contributed by atoms with Crippen LogP contribution in [0.1, 0.15) is 77.6 Å². The van der Waals surface area contributed by atoms with Gasteiger partial charge in [-0.2, -0.15) is 0 Å². The summed E-state index contributed by atoms with van der Waals surface area (Å²) in [6.45, 7) is 9.03. The predicted octanol–water partition coefficient (Wildman–Crippen LogP) is 8.87. The van der Waals surface area contributed by atoms with Gasteiger partial charge in [-0.05, 0) is 77.6 Å². The average Bonchev–Trinajstić information content (AvgIpc) is 2.68. The fourth-order valence-corrected chi connectivity index (χ4v) is 3.71. The Morgan fingerprint density at radius 2 is 0.933 bits per heavy atom. The predicted molar refractivity (Wildman–Crippen MR) is 141 cm³/mol. The molecule has 0 rings (SSSR count). The van der Waals surface area contributed by atoms with E-state index in [9.17, 15) is 5.11 Å². The molecule has 1 atom stereocenters. The van der Waals surface area contributed by atoms with Crippen LogP contribution in [0.15, 0.2) is 72.5 Å². The Morgan fingerprint density at radius 3 is 1.30 bits per heavy atom. The summed E-state index contributed by atoms with van der Waals surface area (Å²) in [4.78, 5) is 0. The normalized spacial score (nSPS) is 14.7. The smallest absolute Gasteiger partial charge is 0.0682 e. The molecule has 0 radical (unpaired) electrons. The van der Waals surface area contributed by atoms with Gasteiger partial charge in [-0.25, -0.2) is 0 Å². The monoisotopic (exact) mass is 428 g/mol. The first-order chi connectivity index (χ1) is 14.5. The fourth-order valence-electron chi connectivity index (χ4n) is 2.86. The molecular weight excluding hydrogens is 380 g/mol. The van der Waals surface area contributed by atoms with Crippen molar-refractivity contribution in [3.8, 4) is 0 Å². The molecule has 0 aromatic rings. The third kappa shape index (κ3) is 24.7. The highest BCUT2D eigenvalue weighted by atomic mass is 28.3. The molecule has 0 aromatic heterocycles. The average molecular weight is 429 g/mol. The first-order valence-electron chi connectivity index (χ1n) is 12.0. The van der Waals surface area contributed by atoms with Crippen LogP contribution < -0.4 is 0 Å². The van der Waals surface area contributed by atoms with Gasteiger partial charge in [0.15, 0.2) is 0 Å². The van der Waals surface area contributed by atoms with E-state index in [1.807, 2.05) is 0 Å². The molecule has 0 aliphatic rings. The van der Waals surface area contributed by atoms with E-state index in [0.29, 0.717) is 0 Å². The van der Waals surface area contributed by atoms with Crippen LogP contribution in [0.5, 0.6) is 0 Å². The zero-order valence-electron chi connectivity index (χ0n) is 20.2. The summed E-state index contributed by atoms with van der Waals surface area (Å²) in [5, 5.41) is 10.00. The van der Waals surface area contributed by atoms with Crippen molar-refractivity contribution in [1.29, 1.82) is 0 Å². The van der Waals surface area contributed by atoms with Crippen LogP contribution in [0.25, 0.3) is 0 Å². The number of rotatable bonds is 18. The molecule has 170 valence electrons. The molecule has 1 N–H and O–H groups in total. The first-order valence-corrected chi connectivity index (χ1v) is 15.6. The number of unbranched alkanes of at least 4 members (excludes halogenated alkanes) is 4. The van der Waals surface area contributed by atoms with E-state index < -0.39 is 8.07 Å². The Balaban J connectivity index is 3.53. The standard InChI is InChI=1S/C28H48OSi/c1-5-6-7-8-9-10-11-12-13-14-15-16-17-18-19-20-21-22-23-25-28(29)26-24-27-30(2,3)4/h5-6,9-10,13-14,17-18,21-22,24,27-29H,7-8,11-12,15-16,19-20,23,25-26H2,1-4H3. The first kappa shape index (κ1) is 28.6. The van der Waals surface area contributed by atoms with Gasteiger partial charge in [0.05, 0.1) is 14.2 Å². The summed E-state index contributed by atoms with van der Waals surface area (Å²) < 4.78 is 0. The highest BCUT2D eigenvalue weighted by Crippen LogP contribution is 2.08. The van der Waals surface area contributed by atoms with Gasteiger partial charge in [-0.3, -0.25) is 0 Å². The summed E-state index contributed by atoms with van der Waals surface area (Å²) in [7, 11) is -1.12.